The van der Waals surface area contributed by atoms with Crippen molar-refractivity contribution in [2.75, 3.05) is 11.5 Å². The van der Waals surface area contributed by atoms with Gasteiger partial charge >= 0.3 is 35.5 Å². The molecule has 2 amide bonds. The molecule has 2 atom stereocenters. The number of aliphatic carboxylic acids is 1. The van der Waals surface area contributed by atoms with Gasteiger partial charge in [-0.2, -0.15) is 0 Å². The number of hydrogen-bond acceptors (Lipinski definition) is 11. The number of aromatic nitrogens is 6. The molecule has 4 rings (SSSR count). The number of β-lactam (4-membered cyclic amide) rings is 1. The quantitative estimate of drug-likeness (QED) is 0.235. The van der Waals surface area contributed by atoms with Crippen molar-refractivity contribution in [3.05, 3.63) is 23.1 Å². The molecular weight excluding hydrogens is 451 g/mol. The normalized spacial score (nSPS) is 20.6. The number of carboxylic acid groups (broad SMARTS) is 1. The van der Waals surface area contributed by atoms with Crippen molar-refractivity contribution in [3.63, 3.8) is 0 Å². The summed E-state index contributed by atoms with van der Waals surface area (Å²) in [5, 5.41) is 29.9. The van der Waals surface area contributed by atoms with Crippen LogP contribution in [0.2, 0.25) is 0 Å². The van der Waals surface area contributed by atoms with Gasteiger partial charge in [0.05, 0.1) is 0 Å². The molecule has 0 aromatic carbocycles. The minimum atomic E-state index is -1.16. The van der Waals surface area contributed by atoms with Crippen molar-refractivity contribution in [1.29, 1.82) is 0 Å². The number of amides is 2. The van der Waals surface area contributed by atoms with Gasteiger partial charge in [-0.25, -0.2) is 9.48 Å². The number of hydrogen-bond donors (Lipinski definition) is 2. The Kier molecular flexibility index (Phi) is 7.28. The standard InChI is InChI=1S/C13H12N8O4S3.Na.H/c22-7(1-20-4-14-18-19-20)16-8-10(23)21-9(12(24)25)6(2-26-11(8)21)3-27-13-17-15-5-28-13;;/h4-5,8,11H,1-3H2,(H,16,22)(H,24,25);;/q;+1;-1/t8-,11-;;/m1../s1. The third-order valence-electron chi connectivity index (χ3n) is 3.97. The molecule has 0 unspecified atom stereocenters. The van der Waals surface area contributed by atoms with Crippen molar-refractivity contribution >= 4 is 52.6 Å². The Morgan fingerprint density at radius 1 is 1.41 bits per heavy atom. The second kappa shape index (κ2) is 9.53. The van der Waals surface area contributed by atoms with Gasteiger partial charge < -0.3 is 11.8 Å². The molecule has 29 heavy (non-hydrogen) atoms. The second-order valence-electron chi connectivity index (χ2n) is 5.71. The van der Waals surface area contributed by atoms with Crippen LogP contribution in [0.25, 0.3) is 0 Å². The van der Waals surface area contributed by atoms with Gasteiger partial charge in [0.2, 0.25) is 5.91 Å². The summed E-state index contributed by atoms with van der Waals surface area (Å²) in [4.78, 5) is 37.7. The Labute approximate surface area is 199 Å². The van der Waals surface area contributed by atoms with Gasteiger partial charge in [0, 0.05) is 11.5 Å². The molecule has 2 aliphatic heterocycles. The first kappa shape index (κ1) is 22.2. The summed E-state index contributed by atoms with van der Waals surface area (Å²) in [6, 6.07) is -0.777. The van der Waals surface area contributed by atoms with Crippen LogP contribution in [-0.4, -0.2) is 81.1 Å². The van der Waals surface area contributed by atoms with Gasteiger partial charge in [0.1, 0.15) is 35.5 Å². The van der Waals surface area contributed by atoms with E-state index < -0.39 is 29.2 Å². The van der Waals surface area contributed by atoms with Gasteiger partial charge in [-0.05, 0) is 16.0 Å². The van der Waals surface area contributed by atoms with Crippen LogP contribution in [0.3, 0.4) is 0 Å². The smallest absolute Gasteiger partial charge is 1.00 e. The second-order valence-corrected chi connectivity index (χ2v) is 8.87. The molecule has 1 saturated heterocycles. The van der Waals surface area contributed by atoms with Gasteiger partial charge in [-0.3, -0.25) is 14.5 Å². The summed E-state index contributed by atoms with van der Waals surface area (Å²) in [7, 11) is 0. The topological polar surface area (TPSA) is 156 Å². The Balaban J connectivity index is 0.00000160. The first-order valence-electron chi connectivity index (χ1n) is 7.83. The number of carbonyl (C=O) groups excluding carboxylic acids is 2. The third kappa shape index (κ3) is 4.64. The summed E-state index contributed by atoms with van der Waals surface area (Å²) < 4.78 is 1.96. The molecule has 0 aliphatic carbocycles. The average Bonchev–Trinajstić information content (AvgIpc) is 3.37. The number of fused-ring (bicyclic) bond motifs is 1. The van der Waals surface area contributed by atoms with Crippen LogP contribution >= 0.6 is 34.9 Å². The molecule has 2 aliphatic rings. The molecule has 0 spiro atoms. The van der Waals surface area contributed by atoms with Crippen LogP contribution in [0.4, 0.5) is 0 Å². The van der Waals surface area contributed by atoms with E-state index in [4.69, 9.17) is 0 Å². The van der Waals surface area contributed by atoms with Crippen LogP contribution in [0.15, 0.2) is 27.4 Å². The number of tetrazole rings is 1. The SMILES string of the molecule is O=C(Cn1cnnn1)N[C@@H]1C(=O)N2C(C(=O)O)=C(CSc3nncs3)CS[C@H]12.[H-].[Na+]. The molecule has 2 aromatic rings. The van der Waals surface area contributed by atoms with E-state index in [0.717, 1.165) is 4.34 Å². The Morgan fingerprint density at radius 3 is 2.90 bits per heavy atom. The van der Waals surface area contributed by atoms with Crippen molar-refractivity contribution in [1.82, 2.24) is 40.6 Å². The Morgan fingerprint density at radius 2 is 2.24 bits per heavy atom. The number of nitrogens with one attached hydrogen (secondary N) is 1. The fourth-order valence-electron chi connectivity index (χ4n) is 2.79. The van der Waals surface area contributed by atoms with E-state index in [-0.39, 0.29) is 43.2 Å². The van der Waals surface area contributed by atoms with Crippen molar-refractivity contribution in [3.8, 4) is 0 Å². The summed E-state index contributed by atoms with van der Waals surface area (Å²) in [6.45, 7) is -0.125. The summed E-state index contributed by atoms with van der Waals surface area (Å²) in [5.74, 6) is -1.19. The van der Waals surface area contributed by atoms with E-state index in [1.807, 2.05) is 0 Å². The number of thioether (sulfide) groups is 2. The zero-order chi connectivity index (χ0) is 19.7. The molecular formula is C13H13N8NaO4S3. The maximum absolute atomic E-state index is 12.6. The van der Waals surface area contributed by atoms with Crippen molar-refractivity contribution in [2.45, 2.75) is 22.3 Å². The van der Waals surface area contributed by atoms with Gasteiger partial charge in [0.15, 0.2) is 4.34 Å². The first-order valence-corrected chi connectivity index (χ1v) is 10.7. The summed E-state index contributed by atoms with van der Waals surface area (Å²) in [5.41, 5.74) is 2.22. The van der Waals surface area contributed by atoms with Crippen LogP contribution < -0.4 is 34.9 Å². The zero-order valence-electron chi connectivity index (χ0n) is 16.0. The van der Waals surface area contributed by atoms with Gasteiger partial charge in [-0.1, -0.05) is 23.1 Å². The predicted octanol–water partition coefficient (Wildman–Crippen LogP) is -3.83. The first-order chi connectivity index (χ1) is 13.5. The molecule has 2 aromatic heterocycles. The molecule has 148 valence electrons. The number of rotatable bonds is 7. The van der Waals surface area contributed by atoms with Crippen molar-refractivity contribution in [2.24, 2.45) is 0 Å². The van der Waals surface area contributed by atoms with E-state index in [9.17, 15) is 19.5 Å². The average molecular weight is 464 g/mol. The zero-order valence-corrected chi connectivity index (χ0v) is 19.4. The number of carbonyl (C=O) groups is 3. The fraction of sp³-hybridized carbons (Fsp3) is 0.385. The van der Waals surface area contributed by atoms with Crippen LogP contribution in [-0.2, 0) is 20.9 Å². The molecule has 0 radical (unpaired) electrons. The molecule has 0 saturated carbocycles. The van der Waals surface area contributed by atoms with E-state index in [0.29, 0.717) is 17.1 Å². The van der Waals surface area contributed by atoms with Crippen molar-refractivity contribution < 1.29 is 50.5 Å². The maximum Gasteiger partial charge on any atom is 1.00 e. The van der Waals surface area contributed by atoms with Crippen LogP contribution in [0.5, 0.6) is 0 Å². The molecule has 2 N–H and O–H groups in total. The minimum absolute atomic E-state index is 0. The van der Waals surface area contributed by atoms with Crippen LogP contribution in [0.1, 0.15) is 1.43 Å². The fourth-order valence-corrected chi connectivity index (χ4v) is 5.76. The Bertz CT molecular complexity index is 944. The molecule has 4 heterocycles. The maximum atomic E-state index is 12.6. The minimum Gasteiger partial charge on any atom is -1.00 e. The van der Waals surface area contributed by atoms with E-state index in [1.54, 1.807) is 5.51 Å². The third-order valence-corrected chi connectivity index (χ3v) is 7.26. The van der Waals surface area contributed by atoms with E-state index >= 15 is 0 Å². The Hall–Kier alpha value is -1.52. The predicted molar refractivity (Wildman–Crippen MR) is 99.2 cm³/mol. The largest absolute Gasteiger partial charge is 1.00 e. The molecule has 16 heteroatoms. The van der Waals surface area contributed by atoms with E-state index in [1.165, 1.54) is 50.8 Å². The molecule has 1 fully saturated rings. The monoisotopic (exact) mass is 464 g/mol. The van der Waals surface area contributed by atoms with Gasteiger partial charge in [-0.15, -0.1) is 27.1 Å². The van der Waals surface area contributed by atoms with Crippen LogP contribution in [0, 0.1) is 0 Å². The number of carboxylic acids is 1. The molecule has 0 bridgehead atoms. The summed E-state index contributed by atoms with van der Waals surface area (Å²) >= 11 is 4.16. The summed E-state index contributed by atoms with van der Waals surface area (Å²) in [6.07, 6.45) is 1.29. The van der Waals surface area contributed by atoms with Gasteiger partial charge in [0.25, 0.3) is 5.91 Å². The number of nitrogens with zero attached hydrogens (tertiary/aromatic N) is 7. The molecule has 12 nitrogen and oxygen atoms in total. The van der Waals surface area contributed by atoms with E-state index in [2.05, 4.69) is 31.0 Å².